The monoisotopic (exact) mass is 234 g/mol. The van der Waals surface area contributed by atoms with E-state index in [1.54, 1.807) is 29.8 Å². The van der Waals surface area contributed by atoms with Crippen LogP contribution in [-0.2, 0) is 12.8 Å². The van der Waals surface area contributed by atoms with Gasteiger partial charge in [-0.2, -0.15) is 0 Å². The number of rotatable bonds is 4. The van der Waals surface area contributed by atoms with Crippen LogP contribution in [0.5, 0.6) is 0 Å². The van der Waals surface area contributed by atoms with Gasteiger partial charge in [0, 0.05) is 35.8 Å². The SMILES string of the molecule is Nc1ccncc1CC(O)Cc1cccs1. The van der Waals surface area contributed by atoms with Crippen LogP contribution in [0.4, 0.5) is 5.69 Å². The molecule has 0 aliphatic carbocycles. The summed E-state index contributed by atoms with van der Waals surface area (Å²) >= 11 is 1.66. The molecule has 0 radical (unpaired) electrons. The number of nitrogens with zero attached hydrogens (tertiary/aromatic N) is 1. The fraction of sp³-hybridized carbons (Fsp3) is 0.250. The van der Waals surface area contributed by atoms with E-state index in [1.165, 1.54) is 4.88 Å². The summed E-state index contributed by atoms with van der Waals surface area (Å²) < 4.78 is 0. The smallest absolute Gasteiger partial charge is 0.0630 e. The van der Waals surface area contributed by atoms with E-state index in [1.807, 2.05) is 17.5 Å². The van der Waals surface area contributed by atoms with Crippen LogP contribution in [0.2, 0.25) is 0 Å². The molecule has 0 aliphatic rings. The molecule has 2 rings (SSSR count). The highest BCUT2D eigenvalue weighted by atomic mass is 32.1. The molecule has 0 saturated heterocycles. The third-order valence-electron chi connectivity index (χ3n) is 2.41. The maximum atomic E-state index is 9.92. The molecule has 84 valence electrons. The van der Waals surface area contributed by atoms with E-state index in [0.717, 1.165) is 5.56 Å². The van der Waals surface area contributed by atoms with E-state index in [0.29, 0.717) is 18.5 Å². The van der Waals surface area contributed by atoms with Crippen molar-refractivity contribution in [2.45, 2.75) is 18.9 Å². The summed E-state index contributed by atoms with van der Waals surface area (Å²) in [5.41, 5.74) is 7.40. The van der Waals surface area contributed by atoms with Crippen molar-refractivity contribution < 1.29 is 5.11 Å². The predicted molar refractivity (Wildman–Crippen MR) is 66.4 cm³/mol. The number of aliphatic hydroxyl groups excluding tert-OH is 1. The Bertz CT molecular complexity index is 442. The van der Waals surface area contributed by atoms with Crippen molar-refractivity contribution in [3.63, 3.8) is 0 Å². The summed E-state index contributed by atoms with van der Waals surface area (Å²) in [6.45, 7) is 0. The van der Waals surface area contributed by atoms with Crippen LogP contribution in [0.25, 0.3) is 0 Å². The quantitative estimate of drug-likeness (QED) is 0.849. The van der Waals surface area contributed by atoms with E-state index >= 15 is 0 Å². The minimum absolute atomic E-state index is 0.398. The molecule has 0 saturated carbocycles. The Balaban J connectivity index is 1.97. The van der Waals surface area contributed by atoms with Crippen LogP contribution in [0.3, 0.4) is 0 Å². The molecule has 0 fully saturated rings. The minimum atomic E-state index is -0.398. The molecular formula is C12H14N2OS. The van der Waals surface area contributed by atoms with Gasteiger partial charge in [0.2, 0.25) is 0 Å². The van der Waals surface area contributed by atoms with E-state index in [-0.39, 0.29) is 0 Å². The standard InChI is InChI=1S/C12H14N2OS/c13-12-3-4-14-8-9(12)6-10(15)7-11-2-1-5-16-11/h1-5,8,10,15H,6-7H2,(H2,13,14). The van der Waals surface area contributed by atoms with Crippen molar-refractivity contribution in [3.05, 3.63) is 46.4 Å². The molecule has 1 unspecified atom stereocenters. The van der Waals surface area contributed by atoms with Gasteiger partial charge < -0.3 is 10.8 Å². The van der Waals surface area contributed by atoms with Crippen LogP contribution in [0, 0.1) is 0 Å². The summed E-state index contributed by atoms with van der Waals surface area (Å²) in [5.74, 6) is 0. The fourth-order valence-electron chi connectivity index (χ4n) is 1.60. The van der Waals surface area contributed by atoms with Gasteiger partial charge in [-0.25, -0.2) is 0 Å². The van der Waals surface area contributed by atoms with Crippen molar-refractivity contribution in [2.75, 3.05) is 5.73 Å². The highest BCUT2D eigenvalue weighted by Gasteiger charge is 2.09. The Morgan fingerprint density at radius 1 is 1.38 bits per heavy atom. The molecular weight excluding hydrogens is 220 g/mol. The highest BCUT2D eigenvalue weighted by molar-refractivity contribution is 7.09. The molecule has 4 heteroatoms. The summed E-state index contributed by atoms with van der Waals surface area (Å²) in [6.07, 6.45) is 4.20. The molecule has 2 heterocycles. The van der Waals surface area contributed by atoms with Crippen molar-refractivity contribution in [3.8, 4) is 0 Å². The summed E-state index contributed by atoms with van der Waals surface area (Å²) in [7, 11) is 0. The van der Waals surface area contributed by atoms with E-state index in [2.05, 4.69) is 4.98 Å². The summed E-state index contributed by atoms with van der Waals surface area (Å²) in [4.78, 5) is 5.20. The first-order valence-electron chi connectivity index (χ1n) is 5.14. The lowest BCUT2D eigenvalue weighted by atomic mass is 10.1. The number of anilines is 1. The van der Waals surface area contributed by atoms with Crippen molar-refractivity contribution in [2.24, 2.45) is 0 Å². The van der Waals surface area contributed by atoms with Crippen LogP contribution in [0.1, 0.15) is 10.4 Å². The molecule has 0 aliphatic heterocycles. The second kappa shape index (κ2) is 5.09. The zero-order valence-electron chi connectivity index (χ0n) is 8.84. The van der Waals surface area contributed by atoms with Gasteiger partial charge in [0.25, 0.3) is 0 Å². The van der Waals surface area contributed by atoms with E-state index in [9.17, 15) is 5.11 Å². The van der Waals surface area contributed by atoms with Crippen molar-refractivity contribution in [1.82, 2.24) is 4.98 Å². The molecule has 2 aromatic heterocycles. The molecule has 0 aromatic carbocycles. The summed E-state index contributed by atoms with van der Waals surface area (Å²) in [6, 6.07) is 5.78. The van der Waals surface area contributed by atoms with Gasteiger partial charge in [0.05, 0.1) is 6.10 Å². The molecule has 3 nitrogen and oxygen atoms in total. The third kappa shape index (κ3) is 2.81. The normalized spacial score (nSPS) is 12.6. The lowest BCUT2D eigenvalue weighted by Gasteiger charge is -2.10. The topological polar surface area (TPSA) is 59.1 Å². The summed E-state index contributed by atoms with van der Waals surface area (Å²) in [5, 5.41) is 11.9. The van der Waals surface area contributed by atoms with Gasteiger partial charge in [-0.15, -0.1) is 11.3 Å². The van der Waals surface area contributed by atoms with E-state index in [4.69, 9.17) is 5.73 Å². The van der Waals surface area contributed by atoms with Crippen LogP contribution < -0.4 is 5.73 Å². The minimum Gasteiger partial charge on any atom is -0.398 e. The van der Waals surface area contributed by atoms with Gasteiger partial charge in [0.15, 0.2) is 0 Å². The van der Waals surface area contributed by atoms with Crippen molar-refractivity contribution in [1.29, 1.82) is 0 Å². The second-order valence-corrected chi connectivity index (χ2v) is 4.75. The Labute approximate surface area is 98.6 Å². The molecule has 0 amide bonds. The first kappa shape index (κ1) is 11.1. The fourth-order valence-corrected chi connectivity index (χ4v) is 2.37. The molecule has 1 atom stereocenters. The number of hydrogen-bond acceptors (Lipinski definition) is 4. The first-order valence-corrected chi connectivity index (χ1v) is 6.02. The zero-order valence-corrected chi connectivity index (χ0v) is 9.65. The molecule has 0 spiro atoms. The van der Waals surface area contributed by atoms with Crippen molar-refractivity contribution >= 4 is 17.0 Å². The Hall–Kier alpha value is -1.39. The zero-order chi connectivity index (χ0) is 11.4. The van der Waals surface area contributed by atoms with Gasteiger partial charge >= 0.3 is 0 Å². The number of aromatic nitrogens is 1. The molecule has 0 bridgehead atoms. The highest BCUT2D eigenvalue weighted by Crippen LogP contribution is 2.16. The van der Waals surface area contributed by atoms with Gasteiger partial charge in [-0.05, 0) is 23.1 Å². The van der Waals surface area contributed by atoms with Gasteiger partial charge in [0.1, 0.15) is 0 Å². The lowest BCUT2D eigenvalue weighted by molar-refractivity contribution is 0.176. The average Bonchev–Trinajstić information content (AvgIpc) is 2.74. The van der Waals surface area contributed by atoms with Gasteiger partial charge in [-0.3, -0.25) is 4.98 Å². The van der Waals surface area contributed by atoms with Crippen LogP contribution in [0.15, 0.2) is 36.0 Å². The number of pyridine rings is 1. The first-order chi connectivity index (χ1) is 7.75. The number of nitrogens with two attached hydrogens (primary N) is 1. The maximum absolute atomic E-state index is 9.92. The third-order valence-corrected chi connectivity index (χ3v) is 3.31. The van der Waals surface area contributed by atoms with E-state index < -0.39 is 6.10 Å². The number of thiophene rings is 1. The lowest BCUT2D eigenvalue weighted by Crippen LogP contribution is -2.14. The van der Waals surface area contributed by atoms with Gasteiger partial charge in [-0.1, -0.05) is 6.07 Å². The number of hydrogen-bond donors (Lipinski definition) is 2. The maximum Gasteiger partial charge on any atom is 0.0630 e. The average molecular weight is 234 g/mol. The molecule has 16 heavy (non-hydrogen) atoms. The molecule has 2 aromatic rings. The number of nitrogen functional groups attached to an aromatic ring is 1. The Morgan fingerprint density at radius 3 is 2.94 bits per heavy atom. The predicted octanol–water partition coefficient (Wildman–Crippen LogP) is 1.87. The Kier molecular flexibility index (Phi) is 3.54. The second-order valence-electron chi connectivity index (χ2n) is 3.72. The number of aliphatic hydroxyl groups is 1. The molecule has 3 N–H and O–H groups in total. The Morgan fingerprint density at radius 2 is 2.25 bits per heavy atom. The van der Waals surface area contributed by atoms with Crippen LogP contribution in [-0.4, -0.2) is 16.2 Å². The van der Waals surface area contributed by atoms with Crippen LogP contribution >= 0.6 is 11.3 Å². The largest absolute Gasteiger partial charge is 0.398 e.